The quantitative estimate of drug-likeness (QED) is 0.857. The van der Waals surface area contributed by atoms with E-state index in [1.807, 2.05) is 0 Å². The maximum atomic E-state index is 4.84. The number of benzene rings is 1. The fourth-order valence-corrected chi connectivity index (χ4v) is 2.88. The zero-order chi connectivity index (χ0) is 14.0. The molecule has 19 heavy (non-hydrogen) atoms. The zero-order valence-corrected chi connectivity index (χ0v) is 13.7. The Labute approximate surface area is 123 Å². The molecule has 0 saturated carbocycles. The number of aromatic nitrogens is 1. The summed E-state index contributed by atoms with van der Waals surface area (Å²) in [6, 6.07) is 4.24. The van der Waals surface area contributed by atoms with E-state index in [0.29, 0.717) is 0 Å². The number of hydrogen-bond donors (Lipinski definition) is 1. The highest BCUT2D eigenvalue weighted by Gasteiger charge is 2.14. The fourth-order valence-electron chi connectivity index (χ4n) is 2.46. The fraction of sp³-hybridized carbons (Fsp3) is 0.438. The summed E-state index contributed by atoms with van der Waals surface area (Å²) >= 11 is 3.63. The van der Waals surface area contributed by atoms with Crippen LogP contribution in [0, 0.1) is 13.8 Å². The molecule has 0 bridgehead atoms. The Balaban J connectivity index is 2.79. The summed E-state index contributed by atoms with van der Waals surface area (Å²) in [6.07, 6.45) is 2.08. The lowest BCUT2D eigenvalue weighted by atomic mass is 10.0. The molecule has 2 nitrogen and oxygen atoms in total. The largest absolute Gasteiger partial charge is 0.384 e. The molecule has 1 aromatic heterocycles. The lowest BCUT2D eigenvalue weighted by molar-refractivity contribution is 0.969. The number of fused-ring (bicyclic) bond motifs is 1. The highest BCUT2D eigenvalue weighted by molar-refractivity contribution is 9.10. The van der Waals surface area contributed by atoms with Gasteiger partial charge in [-0.3, -0.25) is 4.98 Å². The van der Waals surface area contributed by atoms with Crippen LogP contribution in [-0.2, 0) is 6.42 Å². The maximum Gasteiger partial charge on any atom is 0.0870 e. The van der Waals surface area contributed by atoms with Crippen molar-refractivity contribution in [2.45, 2.75) is 40.5 Å². The van der Waals surface area contributed by atoms with E-state index in [-0.39, 0.29) is 0 Å². The summed E-state index contributed by atoms with van der Waals surface area (Å²) in [5.74, 6) is 0. The van der Waals surface area contributed by atoms with Gasteiger partial charge in [-0.15, -0.1) is 0 Å². The van der Waals surface area contributed by atoms with Gasteiger partial charge in [-0.25, -0.2) is 0 Å². The van der Waals surface area contributed by atoms with Crippen molar-refractivity contribution in [3.8, 4) is 0 Å². The second kappa shape index (κ2) is 5.91. The lowest BCUT2D eigenvalue weighted by Gasteiger charge is -2.17. The second-order valence-corrected chi connectivity index (χ2v) is 5.78. The van der Waals surface area contributed by atoms with Gasteiger partial charge in [0.15, 0.2) is 0 Å². The minimum atomic E-state index is 0.961. The van der Waals surface area contributed by atoms with Gasteiger partial charge in [0.2, 0.25) is 0 Å². The van der Waals surface area contributed by atoms with Crippen LogP contribution in [0.15, 0.2) is 16.6 Å². The van der Waals surface area contributed by atoms with Crippen molar-refractivity contribution in [2.24, 2.45) is 0 Å². The SMILES string of the molecule is CCCNc1c(C)c(CC)nc2c(Br)ccc(C)c12. The van der Waals surface area contributed by atoms with Crippen LogP contribution in [0.1, 0.15) is 37.1 Å². The average molecular weight is 321 g/mol. The van der Waals surface area contributed by atoms with Gasteiger partial charge >= 0.3 is 0 Å². The zero-order valence-electron chi connectivity index (χ0n) is 12.1. The molecule has 2 aromatic rings. The summed E-state index contributed by atoms with van der Waals surface area (Å²) in [5.41, 5.74) is 6.06. The van der Waals surface area contributed by atoms with Gasteiger partial charge in [-0.1, -0.05) is 19.9 Å². The molecule has 102 valence electrons. The Kier molecular flexibility index (Phi) is 4.46. The van der Waals surface area contributed by atoms with Crippen LogP contribution in [-0.4, -0.2) is 11.5 Å². The Morgan fingerprint density at radius 3 is 2.58 bits per heavy atom. The highest BCUT2D eigenvalue weighted by atomic mass is 79.9. The number of halogens is 1. The standard InChI is InChI=1S/C16H21BrN2/c1-5-9-18-15-11(4)13(6-2)19-16-12(17)8-7-10(3)14(15)16/h7-8H,5-6,9H2,1-4H3,(H,18,19). The van der Waals surface area contributed by atoms with Crippen molar-refractivity contribution < 1.29 is 0 Å². The molecule has 0 spiro atoms. The number of rotatable bonds is 4. The van der Waals surface area contributed by atoms with Crippen LogP contribution in [0.4, 0.5) is 5.69 Å². The first-order chi connectivity index (χ1) is 9.10. The molecular weight excluding hydrogens is 300 g/mol. The van der Waals surface area contributed by atoms with Crippen LogP contribution in [0.25, 0.3) is 10.9 Å². The molecule has 3 heteroatoms. The number of pyridine rings is 1. The Morgan fingerprint density at radius 1 is 1.21 bits per heavy atom. The summed E-state index contributed by atoms with van der Waals surface area (Å²) in [5, 5.41) is 4.84. The molecule has 0 aliphatic rings. The predicted molar refractivity (Wildman–Crippen MR) is 87.1 cm³/mol. The molecule has 0 aliphatic heterocycles. The third kappa shape index (κ3) is 2.62. The van der Waals surface area contributed by atoms with Crippen LogP contribution >= 0.6 is 15.9 Å². The number of hydrogen-bond acceptors (Lipinski definition) is 2. The van der Waals surface area contributed by atoms with Crippen LogP contribution < -0.4 is 5.32 Å². The molecule has 1 aromatic carbocycles. The molecule has 2 rings (SSSR count). The molecule has 0 radical (unpaired) electrons. The first-order valence-corrected chi connectivity index (χ1v) is 7.71. The van der Waals surface area contributed by atoms with E-state index in [2.05, 4.69) is 61.1 Å². The number of anilines is 1. The summed E-state index contributed by atoms with van der Waals surface area (Å²) in [4.78, 5) is 4.84. The molecule has 0 fully saturated rings. The van der Waals surface area contributed by atoms with E-state index in [1.54, 1.807) is 0 Å². The third-order valence-corrected chi connectivity index (χ3v) is 4.17. The summed E-state index contributed by atoms with van der Waals surface area (Å²) < 4.78 is 1.07. The molecule has 0 amide bonds. The normalized spacial score (nSPS) is 11.0. The van der Waals surface area contributed by atoms with Crippen molar-refractivity contribution in [3.05, 3.63) is 33.4 Å². The monoisotopic (exact) mass is 320 g/mol. The van der Waals surface area contributed by atoms with Crippen LogP contribution in [0.5, 0.6) is 0 Å². The molecule has 0 atom stereocenters. The van der Waals surface area contributed by atoms with E-state index >= 15 is 0 Å². The summed E-state index contributed by atoms with van der Waals surface area (Å²) in [7, 11) is 0. The van der Waals surface area contributed by atoms with Crippen LogP contribution in [0.2, 0.25) is 0 Å². The number of nitrogens with zero attached hydrogens (tertiary/aromatic N) is 1. The van der Waals surface area contributed by atoms with Crippen molar-refractivity contribution >= 4 is 32.5 Å². The van der Waals surface area contributed by atoms with E-state index in [1.165, 1.54) is 27.9 Å². The smallest absolute Gasteiger partial charge is 0.0870 e. The van der Waals surface area contributed by atoms with E-state index in [9.17, 15) is 0 Å². The second-order valence-electron chi connectivity index (χ2n) is 4.93. The Morgan fingerprint density at radius 2 is 1.95 bits per heavy atom. The Hall–Kier alpha value is -1.09. The lowest BCUT2D eigenvalue weighted by Crippen LogP contribution is -2.07. The van der Waals surface area contributed by atoms with Gasteiger partial charge in [-0.05, 0) is 59.8 Å². The third-order valence-electron chi connectivity index (χ3n) is 3.53. The molecule has 1 heterocycles. The minimum absolute atomic E-state index is 0.961. The van der Waals surface area contributed by atoms with Gasteiger partial charge < -0.3 is 5.32 Å². The average Bonchev–Trinajstić information content (AvgIpc) is 2.41. The van der Waals surface area contributed by atoms with E-state index < -0.39 is 0 Å². The van der Waals surface area contributed by atoms with Crippen molar-refractivity contribution in [3.63, 3.8) is 0 Å². The molecule has 1 N–H and O–H groups in total. The van der Waals surface area contributed by atoms with Gasteiger partial charge in [0.1, 0.15) is 0 Å². The minimum Gasteiger partial charge on any atom is -0.384 e. The molecular formula is C16H21BrN2. The van der Waals surface area contributed by atoms with Crippen molar-refractivity contribution in [1.82, 2.24) is 4.98 Å². The van der Waals surface area contributed by atoms with Gasteiger partial charge in [0.25, 0.3) is 0 Å². The molecule has 0 aliphatic carbocycles. The van der Waals surface area contributed by atoms with Crippen molar-refractivity contribution in [2.75, 3.05) is 11.9 Å². The van der Waals surface area contributed by atoms with E-state index in [4.69, 9.17) is 4.98 Å². The predicted octanol–water partition coefficient (Wildman–Crippen LogP) is 5.00. The van der Waals surface area contributed by atoms with Gasteiger partial charge in [0.05, 0.1) is 5.52 Å². The van der Waals surface area contributed by atoms with Crippen molar-refractivity contribution in [1.29, 1.82) is 0 Å². The van der Waals surface area contributed by atoms with Crippen LogP contribution in [0.3, 0.4) is 0 Å². The van der Waals surface area contributed by atoms with Gasteiger partial charge in [-0.2, -0.15) is 0 Å². The number of nitrogens with one attached hydrogen (secondary N) is 1. The topological polar surface area (TPSA) is 24.9 Å². The first kappa shape index (κ1) is 14.3. The molecule has 0 unspecified atom stereocenters. The van der Waals surface area contributed by atoms with Gasteiger partial charge in [0, 0.05) is 27.8 Å². The highest BCUT2D eigenvalue weighted by Crippen LogP contribution is 2.34. The summed E-state index contributed by atoms with van der Waals surface area (Å²) in [6.45, 7) is 9.67. The first-order valence-electron chi connectivity index (χ1n) is 6.92. The maximum absolute atomic E-state index is 4.84. The number of aryl methyl sites for hydroxylation is 2. The Bertz CT molecular complexity index is 605. The van der Waals surface area contributed by atoms with E-state index in [0.717, 1.165) is 29.4 Å². The molecule has 0 saturated heterocycles.